The summed E-state index contributed by atoms with van der Waals surface area (Å²) < 4.78 is 36.0. The van der Waals surface area contributed by atoms with E-state index >= 15 is 0 Å². The van der Waals surface area contributed by atoms with E-state index in [1.54, 1.807) is 4.90 Å². The number of carbonyl (C=O) groups is 1. The number of rotatable bonds is 2. The van der Waals surface area contributed by atoms with E-state index < -0.39 is 17.5 Å². The number of nitriles is 1. The first-order valence-corrected chi connectivity index (χ1v) is 4.42. The molecule has 0 radical (unpaired) electrons. The number of hydrogen-bond acceptors (Lipinski definition) is 3. The van der Waals surface area contributed by atoms with Crippen molar-refractivity contribution in [3.05, 3.63) is 11.8 Å². The standard InChI is InChI=1S/C9H9F3N2O/c10-9(11,12)8(15)7(5-13)6-14-3-1-2-4-14/h6H,1-4H2/b7-6-. The molecule has 1 fully saturated rings. The molecule has 6 heteroatoms. The number of alkyl halides is 3. The fourth-order valence-corrected chi connectivity index (χ4v) is 1.34. The number of nitrogens with zero attached hydrogens (tertiary/aromatic N) is 2. The summed E-state index contributed by atoms with van der Waals surface area (Å²) in [4.78, 5) is 12.3. The first kappa shape index (κ1) is 11.6. The fraction of sp³-hybridized carbons (Fsp3) is 0.556. The SMILES string of the molecule is N#C/C(=C/N1CCCC1)C(=O)C(F)(F)F. The lowest BCUT2D eigenvalue weighted by atomic mass is 10.2. The van der Waals surface area contributed by atoms with Gasteiger partial charge < -0.3 is 4.90 Å². The molecule has 0 amide bonds. The van der Waals surface area contributed by atoms with Crippen molar-refractivity contribution < 1.29 is 18.0 Å². The Labute approximate surface area is 84.8 Å². The van der Waals surface area contributed by atoms with Gasteiger partial charge in [0, 0.05) is 19.3 Å². The summed E-state index contributed by atoms with van der Waals surface area (Å²) >= 11 is 0. The summed E-state index contributed by atoms with van der Waals surface area (Å²) in [5.41, 5.74) is -0.843. The molecule has 0 saturated carbocycles. The van der Waals surface area contributed by atoms with E-state index in [9.17, 15) is 18.0 Å². The third-order valence-corrected chi connectivity index (χ3v) is 2.07. The van der Waals surface area contributed by atoms with Gasteiger partial charge in [-0.1, -0.05) is 0 Å². The Morgan fingerprint density at radius 3 is 2.27 bits per heavy atom. The van der Waals surface area contributed by atoms with E-state index in [-0.39, 0.29) is 0 Å². The van der Waals surface area contributed by atoms with Gasteiger partial charge >= 0.3 is 6.18 Å². The van der Waals surface area contributed by atoms with Crippen LogP contribution in [0.4, 0.5) is 13.2 Å². The zero-order valence-corrected chi connectivity index (χ0v) is 7.84. The van der Waals surface area contributed by atoms with Crippen LogP contribution >= 0.6 is 0 Å². The quantitative estimate of drug-likeness (QED) is 0.522. The Morgan fingerprint density at radius 1 is 1.33 bits per heavy atom. The van der Waals surface area contributed by atoms with Crippen LogP contribution < -0.4 is 0 Å². The molecule has 0 bridgehead atoms. The second kappa shape index (κ2) is 4.34. The lowest BCUT2D eigenvalue weighted by Gasteiger charge is -2.12. The molecule has 1 saturated heterocycles. The van der Waals surface area contributed by atoms with Crippen LogP contribution in [0.3, 0.4) is 0 Å². The average Bonchev–Trinajstić information content (AvgIpc) is 2.64. The minimum atomic E-state index is -4.97. The number of allylic oxidation sites excluding steroid dienone is 1. The predicted molar refractivity (Wildman–Crippen MR) is 45.6 cm³/mol. The van der Waals surface area contributed by atoms with E-state index in [2.05, 4.69) is 0 Å². The maximum atomic E-state index is 12.0. The van der Waals surface area contributed by atoms with Crippen LogP contribution in [0.1, 0.15) is 12.8 Å². The van der Waals surface area contributed by atoms with Crippen LogP contribution in [-0.2, 0) is 4.79 Å². The summed E-state index contributed by atoms with van der Waals surface area (Å²) in [6, 6.07) is 1.29. The van der Waals surface area contributed by atoms with Crippen LogP contribution in [0.2, 0.25) is 0 Å². The Bertz CT molecular complexity index is 321. The smallest absolute Gasteiger partial charge is 0.376 e. The van der Waals surface area contributed by atoms with Crippen molar-refractivity contribution >= 4 is 5.78 Å². The Kier molecular flexibility index (Phi) is 3.35. The van der Waals surface area contributed by atoms with Crippen molar-refractivity contribution in [1.82, 2.24) is 4.90 Å². The second-order valence-corrected chi connectivity index (χ2v) is 3.22. The van der Waals surface area contributed by atoms with Gasteiger partial charge in [0.15, 0.2) is 0 Å². The van der Waals surface area contributed by atoms with Crippen molar-refractivity contribution in [1.29, 1.82) is 5.26 Å². The summed E-state index contributed by atoms with van der Waals surface area (Å²) in [5.74, 6) is -2.07. The number of ketones is 1. The van der Waals surface area contributed by atoms with Crippen molar-refractivity contribution in [2.24, 2.45) is 0 Å². The number of hydrogen-bond donors (Lipinski definition) is 0. The van der Waals surface area contributed by atoms with E-state index in [1.165, 1.54) is 6.07 Å². The lowest BCUT2D eigenvalue weighted by molar-refractivity contribution is -0.166. The number of Topliss-reactive ketones (excluding diaryl/α,β-unsaturated/α-hetero) is 1. The minimum Gasteiger partial charge on any atom is -0.376 e. The molecule has 1 rings (SSSR count). The van der Waals surface area contributed by atoms with Crippen molar-refractivity contribution in [2.45, 2.75) is 19.0 Å². The summed E-state index contributed by atoms with van der Waals surface area (Å²) in [6.45, 7) is 1.19. The van der Waals surface area contributed by atoms with Crippen LogP contribution in [0.5, 0.6) is 0 Å². The molecule has 0 N–H and O–H groups in total. The molecule has 0 aromatic heterocycles. The largest absolute Gasteiger partial charge is 0.455 e. The van der Waals surface area contributed by atoms with Crippen LogP contribution in [-0.4, -0.2) is 29.9 Å². The molecule has 0 spiro atoms. The van der Waals surface area contributed by atoms with Gasteiger partial charge in [-0.3, -0.25) is 4.79 Å². The highest BCUT2D eigenvalue weighted by atomic mass is 19.4. The molecule has 1 aliphatic rings. The molecular formula is C9H9F3N2O. The van der Waals surface area contributed by atoms with E-state index in [4.69, 9.17) is 5.26 Å². The van der Waals surface area contributed by atoms with Crippen LogP contribution in [0, 0.1) is 11.3 Å². The van der Waals surface area contributed by atoms with Gasteiger partial charge in [0.05, 0.1) is 0 Å². The maximum absolute atomic E-state index is 12.0. The summed E-state index contributed by atoms with van der Waals surface area (Å²) in [6.07, 6.45) is -2.23. The van der Waals surface area contributed by atoms with Crippen molar-refractivity contribution in [2.75, 3.05) is 13.1 Å². The zero-order chi connectivity index (χ0) is 11.5. The second-order valence-electron chi connectivity index (χ2n) is 3.22. The normalized spacial score (nSPS) is 17.7. The third kappa shape index (κ3) is 2.98. The predicted octanol–water partition coefficient (Wildman–Crippen LogP) is 1.62. The van der Waals surface area contributed by atoms with Gasteiger partial charge in [0.1, 0.15) is 11.6 Å². The Morgan fingerprint density at radius 2 is 1.87 bits per heavy atom. The average molecular weight is 218 g/mol. The molecule has 1 heterocycles. The van der Waals surface area contributed by atoms with Crippen LogP contribution in [0.25, 0.3) is 0 Å². The minimum absolute atomic E-state index is 0.594. The molecule has 1 aliphatic heterocycles. The number of likely N-dealkylation sites (tertiary alicyclic amines) is 1. The van der Waals surface area contributed by atoms with E-state index in [0.717, 1.165) is 19.0 Å². The molecular weight excluding hydrogens is 209 g/mol. The summed E-state index contributed by atoms with van der Waals surface area (Å²) in [7, 11) is 0. The van der Waals surface area contributed by atoms with Gasteiger partial charge in [0.2, 0.25) is 0 Å². The zero-order valence-electron chi connectivity index (χ0n) is 7.84. The molecule has 82 valence electrons. The number of halogens is 3. The molecule has 0 aromatic rings. The van der Waals surface area contributed by atoms with Gasteiger partial charge in [-0.05, 0) is 12.8 Å². The number of carbonyl (C=O) groups excluding carboxylic acids is 1. The highest BCUT2D eigenvalue weighted by Gasteiger charge is 2.41. The van der Waals surface area contributed by atoms with Crippen molar-refractivity contribution in [3.63, 3.8) is 0 Å². The van der Waals surface area contributed by atoms with Gasteiger partial charge in [-0.2, -0.15) is 18.4 Å². The Hall–Kier alpha value is -1.51. The maximum Gasteiger partial charge on any atom is 0.455 e. The molecule has 0 atom stereocenters. The molecule has 0 unspecified atom stereocenters. The molecule has 0 aromatic carbocycles. The van der Waals surface area contributed by atoms with E-state index in [0.29, 0.717) is 13.1 Å². The summed E-state index contributed by atoms with van der Waals surface area (Å²) in [5, 5.41) is 8.45. The lowest BCUT2D eigenvalue weighted by Crippen LogP contribution is -2.25. The van der Waals surface area contributed by atoms with Gasteiger partial charge in [0.25, 0.3) is 5.78 Å². The highest BCUT2D eigenvalue weighted by molar-refractivity contribution is 6.02. The van der Waals surface area contributed by atoms with Crippen molar-refractivity contribution in [3.8, 4) is 6.07 Å². The van der Waals surface area contributed by atoms with Crippen LogP contribution in [0.15, 0.2) is 11.8 Å². The van der Waals surface area contributed by atoms with Gasteiger partial charge in [-0.25, -0.2) is 0 Å². The molecule has 3 nitrogen and oxygen atoms in total. The molecule has 15 heavy (non-hydrogen) atoms. The van der Waals surface area contributed by atoms with E-state index in [1.807, 2.05) is 0 Å². The topological polar surface area (TPSA) is 44.1 Å². The highest BCUT2D eigenvalue weighted by Crippen LogP contribution is 2.21. The first-order valence-electron chi connectivity index (χ1n) is 4.42. The third-order valence-electron chi connectivity index (χ3n) is 2.07. The van der Waals surface area contributed by atoms with Gasteiger partial charge in [-0.15, -0.1) is 0 Å². The monoisotopic (exact) mass is 218 g/mol. The molecule has 0 aliphatic carbocycles. The first-order chi connectivity index (χ1) is 6.95. The Balaban J connectivity index is 2.80. The fourth-order valence-electron chi connectivity index (χ4n) is 1.34.